The molecule has 4 nitrogen and oxygen atoms in total. The van der Waals surface area contributed by atoms with Crippen LogP contribution in [0.2, 0.25) is 0 Å². The minimum atomic E-state index is -3.56. The highest BCUT2D eigenvalue weighted by Crippen LogP contribution is 2.32. The molecule has 0 bridgehead atoms. The molecule has 0 amide bonds. The molecule has 2 aromatic carbocycles. The summed E-state index contributed by atoms with van der Waals surface area (Å²) in [7, 11) is -3.56. The normalized spacial score (nSPS) is 14.1. The molecule has 1 aliphatic rings. The quantitative estimate of drug-likeness (QED) is 0.814. The van der Waals surface area contributed by atoms with Crippen molar-refractivity contribution in [2.45, 2.75) is 11.3 Å². The first kappa shape index (κ1) is 12.9. The minimum absolute atomic E-state index is 0.208. The zero-order chi connectivity index (χ0) is 14.2. The monoisotopic (exact) mass is 287 g/mol. The highest BCUT2D eigenvalue weighted by atomic mass is 32.2. The Labute approximate surface area is 117 Å². The van der Waals surface area contributed by atoms with Crippen LogP contribution in [0.5, 0.6) is 0 Å². The molecule has 0 saturated carbocycles. The highest BCUT2D eigenvalue weighted by Gasteiger charge is 2.30. The number of hydrogen-bond acceptors (Lipinski definition) is 3. The summed E-state index contributed by atoms with van der Waals surface area (Å²) in [6.45, 7) is 0.455. The molecule has 0 fully saturated rings. The predicted octanol–water partition coefficient (Wildman–Crippen LogP) is 2.25. The summed E-state index contributed by atoms with van der Waals surface area (Å²) in [6.07, 6.45) is 1.42. The fourth-order valence-corrected chi connectivity index (χ4v) is 3.91. The van der Waals surface area contributed by atoms with Crippen molar-refractivity contribution < 1.29 is 13.2 Å². The Morgan fingerprint density at radius 1 is 1.00 bits per heavy atom. The van der Waals surface area contributed by atoms with Crippen molar-refractivity contribution in [2.75, 3.05) is 10.8 Å². The highest BCUT2D eigenvalue weighted by molar-refractivity contribution is 7.92. The maximum Gasteiger partial charge on any atom is 0.264 e. The molecule has 2 aromatic rings. The Bertz CT molecular complexity index is 751. The zero-order valence-corrected chi connectivity index (χ0v) is 11.5. The van der Waals surface area contributed by atoms with Crippen molar-refractivity contribution in [3.05, 3.63) is 59.7 Å². The Kier molecular flexibility index (Phi) is 3.06. The number of benzene rings is 2. The molecule has 0 unspecified atom stereocenters. The summed E-state index contributed by atoms with van der Waals surface area (Å²) in [5, 5.41) is 0. The lowest BCUT2D eigenvalue weighted by Crippen LogP contribution is -2.29. The van der Waals surface area contributed by atoms with Gasteiger partial charge in [-0.05, 0) is 30.2 Å². The van der Waals surface area contributed by atoms with Crippen LogP contribution >= 0.6 is 0 Å². The Morgan fingerprint density at radius 2 is 1.70 bits per heavy atom. The molecule has 0 aliphatic carbocycles. The van der Waals surface area contributed by atoms with E-state index in [2.05, 4.69) is 0 Å². The van der Waals surface area contributed by atoms with E-state index in [0.29, 0.717) is 18.4 Å². The number of fused-ring (bicyclic) bond motifs is 1. The van der Waals surface area contributed by atoms with Gasteiger partial charge in [-0.25, -0.2) is 8.42 Å². The standard InChI is InChI=1S/C15H13NO3S/c17-11-12-5-7-14(8-6-12)20(18,19)16-10-9-13-3-1-2-4-15(13)16/h1-8,11H,9-10H2. The van der Waals surface area contributed by atoms with Gasteiger partial charge in [-0.2, -0.15) is 0 Å². The molecule has 0 aromatic heterocycles. The summed E-state index contributed by atoms with van der Waals surface area (Å²) in [5.41, 5.74) is 2.25. The van der Waals surface area contributed by atoms with Crippen LogP contribution in [-0.2, 0) is 16.4 Å². The van der Waals surface area contributed by atoms with E-state index in [1.165, 1.54) is 28.6 Å². The van der Waals surface area contributed by atoms with E-state index in [4.69, 9.17) is 0 Å². The predicted molar refractivity (Wildman–Crippen MR) is 76.5 cm³/mol. The number of para-hydroxylation sites is 1. The molecule has 0 spiro atoms. The smallest absolute Gasteiger partial charge is 0.264 e. The molecule has 0 N–H and O–H groups in total. The lowest BCUT2D eigenvalue weighted by molar-refractivity contribution is 0.112. The van der Waals surface area contributed by atoms with Gasteiger partial charge in [0.2, 0.25) is 0 Å². The number of rotatable bonds is 3. The Morgan fingerprint density at radius 3 is 2.40 bits per heavy atom. The maximum atomic E-state index is 12.6. The summed E-state index contributed by atoms with van der Waals surface area (Å²) < 4.78 is 26.7. The van der Waals surface area contributed by atoms with E-state index >= 15 is 0 Å². The largest absolute Gasteiger partial charge is 0.298 e. The van der Waals surface area contributed by atoms with Gasteiger partial charge in [-0.15, -0.1) is 0 Å². The van der Waals surface area contributed by atoms with Crippen molar-refractivity contribution >= 4 is 22.0 Å². The molecule has 20 heavy (non-hydrogen) atoms. The fraction of sp³-hybridized carbons (Fsp3) is 0.133. The maximum absolute atomic E-state index is 12.6. The van der Waals surface area contributed by atoms with Gasteiger partial charge >= 0.3 is 0 Å². The van der Waals surface area contributed by atoms with Crippen LogP contribution in [0.3, 0.4) is 0 Å². The van der Waals surface area contributed by atoms with Gasteiger partial charge in [-0.3, -0.25) is 9.10 Å². The van der Waals surface area contributed by atoms with Crippen molar-refractivity contribution in [2.24, 2.45) is 0 Å². The Balaban J connectivity index is 2.02. The lowest BCUT2D eigenvalue weighted by Gasteiger charge is -2.19. The number of hydrogen-bond donors (Lipinski definition) is 0. The third-order valence-electron chi connectivity index (χ3n) is 3.45. The Hall–Kier alpha value is -2.14. The number of sulfonamides is 1. The molecule has 0 atom stereocenters. The van der Waals surface area contributed by atoms with Crippen LogP contribution in [0.4, 0.5) is 5.69 Å². The first-order chi connectivity index (χ1) is 9.63. The zero-order valence-electron chi connectivity index (χ0n) is 10.7. The average molecular weight is 287 g/mol. The second kappa shape index (κ2) is 4.76. The molecule has 102 valence electrons. The van der Waals surface area contributed by atoms with Crippen molar-refractivity contribution in [3.63, 3.8) is 0 Å². The van der Waals surface area contributed by atoms with Crippen LogP contribution < -0.4 is 4.31 Å². The van der Waals surface area contributed by atoms with Gasteiger partial charge < -0.3 is 0 Å². The van der Waals surface area contributed by atoms with Crippen LogP contribution in [-0.4, -0.2) is 21.2 Å². The summed E-state index contributed by atoms with van der Waals surface area (Å²) in [4.78, 5) is 10.8. The van der Waals surface area contributed by atoms with Gasteiger partial charge in [-0.1, -0.05) is 30.3 Å². The SMILES string of the molecule is O=Cc1ccc(S(=O)(=O)N2CCc3ccccc32)cc1. The topological polar surface area (TPSA) is 54.5 Å². The van der Waals surface area contributed by atoms with Crippen LogP contribution in [0, 0.1) is 0 Å². The molecular weight excluding hydrogens is 274 g/mol. The van der Waals surface area contributed by atoms with Gasteiger partial charge in [0.15, 0.2) is 0 Å². The van der Waals surface area contributed by atoms with Gasteiger partial charge in [0, 0.05) is 12.1 Å². The molecule has 0 radical (unpaired) electrons. The molecule has 1 heterocycles. The second-order valence-corrected chi connectivity index (χ2v) is 6.51. The molecule has 0 saturated heterocycles. The van der Waals surface area contributed by atoms with Crippen LogP contribution in [0.15, 0.2) is 53.4 Å². The summed E-state index contributed by atoms with van der Waals surface area (Å²) in [5.74, 6) is 0. The number of nitrogens with zero attached hydrogens (tertiary/aromatic N) is 1. The number of aldehydes is 1. The minimum Gasteiger partial charge on any atom is -0.298 e. The number of carbonyl (C=O) groups excluding carboxylic acids is 1. The van der Waals surface area contributed by atoms with Crippen molar-refractivity contribution in [1.82, 2.24) is 0 Å². The van der Waals surface area contributed by atoms with Crippen LogP contribution in [0.1, 0.15) is 15.9 Å². The summed E-state index contributed by atoms with van der Waals surface area (Å²) >= 11 is 0. The third kappa shape index (κ3) is 2.00. The van der Waals surface area contributed by atoms with E-state index in [0.717, 1.165) is 17.7 Å². The number of anilines is 1. The van der Waals surface area contributed by atoms with E-state index in [-0.39, 0.29) is 4.90 Å². The van der Waals surface area contributed by atoms with Crippen molar-refractivity contribution in [3.8, 4) is 0 Å². The fourth-order valence-electron chi connectivity index (χ4n) is 2.40. The van der Waals surface area contributed by atoms with Crippen LogP contribution in [0.25, 0.3) is 0 Å². The van der Waals surface area contributed by atoms with Gasteiger partial charge in [0.25, 0.3) is 10.0 Å². The van der Waals surface area contributed by atoms with E-state index < -0.39 is 10.0 Å². The number of carbonyl (C=O) groups is 1. The van der Waals surface area contributed by atoms with Crippen molar-refractivity contribution in [1.29, 1.82) is 0 Å². The van der Waals surface area contributed by atoms with E-state index in [9.17, 15) is 13.2 Å². The summed E-state index contributed by atoms with van der Waals surface area (Å²) in [6, 6.07) is 13.5. The molecule has 3 rings (SSSR count). The first-order valence-corrected chi connectivity index (χ1v) is 7.73. The molecular formula is C15H13NO3S. The second-order valence-electron chi connectivity index (χ2n) is 4.64. The third-order valence-corrected chi connectivity index (χ3v) is 5.28. The molecule has 5 heteroatoms. The van der Waals surface area contributed by atoms with E-state index in [1.54, 1.807) is 0 Å². The van der Waals surface area contributed by atoms with Gasteiger partial charge in [0.1, 0.15) is 6.29 Å². The first-order valence-electron chi connectivity index (χ1n) is 6.29. The van der Waals surface area contributed by atoms with E-state index in [1.807, 2.05) is 24.3 Å². The van der Waals surface area contributed by atoms with Gasteiger partial charge in [0.05, 0.1) is 10.6 Å². The lowest BCUT2D eigenvalue weighted by atomic mass is 10.2. The average Bonchev–Trinajstić information content (AvgIpc) is 2.92. The molecule has 1 aliphatic heterocycles.